The Morgan fingerprint density at radius 3 is 2.38 bits per heavy atom. The van der Waals surface area contributed by atoms with Crippen molar-refractivity contribution in [3.8, 4) is 0 Å². The molecule has 0 aromatic carbocycles. The minimum absolute atomic E-state index is 0.899. The highest BCUT2D eigenvalue weighted by molar-refractivity contribution is 5.20. The van der Waals surface area contributed by atoms with E-state index in [9.17, 15) is 0 Å². The average molecular weight is 178 g/mol. The Balaban J connectivity index is 2.05. The van der Waals surface area contributed by atoms with Crippen LogP contribution in [0.1, 0.15) is 58.8 Å². The molecule has 0 N–H and O–H groups in total. The molecule has 0 bridgehead atoms. The number of hydrogen-bond acceptors (Lipinski definition) is 0. The Morgan fingerprint density at radius 1 is 1.00 bits per heavy atom. The first-order valence-corrected chi connectivity index (χ1v) is 5.97. The first-order valence-electron chi connectivity index (χ1n) is 5.97. The first-order chi connectivity index (χ1) is 6.27. The molecular weight excluding hydrogens is 156 g/mol. The molecule has 0 saturated heterocycles. The average Bonchev–Trinajstić information content (AvgIpc) is 2.17. The number of hydrogen-bond donors (Lipinski definition) is 0. The second kappa shape index (κ2) is 3.86. The van der Waals surface area contributed by atoms with Gasteiger partial charge in [0, 0.05) is 0 Å². The molecular formula is C13H22. The minimum atomic E-state index is 0.899. The molecule has 0 radical (unpaired) electrons. The third kappa shape index (κ3) is 1.98. The van der Waals surface area contributed by atoms with Gasteiger partial charge in [0.25, 0.3) is 0 Å². The minimum Gasteiger partial charge on any atom is -0.0710 e. The van der Waals surface area contributed by atoms with Crippen molar-refractivity contribution in [1.29, 1.82) is 0 Å². The molecule has 2 aliphatic carbocycles. The Bertz CT molecular complexity index is 210. The van der Waals surface area contributed by atoms with Crippen LogP contribution in [0.2, 0.25) is 0 Å². The van der Waals surface area contributed by atoms with Gasteiger partial charge in [0.2, 0.25) is 0 Å². The van der Waals surface area contributed by atoms with Crippen LogP contribution in [-0.2, 0) is 0 Å². The van der Waals surface area contributed by atoms with Crippen LogP contribution in [-0.4, -0.2) is 0 Å². The Labute approximate surface area is 82.4 Å². The van der Waals surface area contributed by atoms with Crippen molar-refractivity contribution >= 4 is 0 Å². The van der Waals surface area contributed by atoms with E-state index in [1.165, 1.54) is 44.9 Å². The van der Waals surface area contributed by atoms with Crippen LogP contribution in [0, 0.1) is 11.8 Å². The highest BCUT2D eigenvalue weighted by Gasteiger charge is 2.24. The van der Waals surface area contributed by atoms with Crippen LogP contribution >= 0.6 is 0 Å². The lowest BCUT2D eigenvalue weighted by molar-refractivity contribution is 0.327. The quantitative estimate of drug-likeness (QED) is 0.525. The summed E-state index contributed by atoms with van der Waals surface area (Å²) in [4.78, 5) is 0. The molecule has 2 rings (SSSR count). The Hall–Kier alpha value is -0.260. The highest BCUT2D eigenvalue weighted by atomic mass is 14.3. The van der Waals surface area contributed by atoms with Crippen LogP contribution in [0.15, 0.2) is 11.1 Å². The summed E-state index contributed by atoms with van der Waals surface area (Å²) in [6.45, 7) is 4.78. The van der Waals surface area contributed by atoms with Crippen molar-refractivity contribution in [1.82, 2.24) is 0 Å². The molecule has 1 atom stereocenters. The zero-order valence-electron chi connectivity index (χ0n) is 9.10. The monoisotopic (exact) mass is 178 g/mol. The van der Waals surface area contributed by atoms with Crippen LogP contribution in [0.5, 0.6) is 0 Å². The zero-order chi connectivity index (χ0) is 9.26. The number of allylic oxidation sites excluding steroid dienone is 2. The lowest BCUT2D eigenvalue weighted by Crippen LogP contribution is -2.17. The molecule has 0 aromatic rings. The Kier molecular flexibility index (Phi) is 2.76. The zero-order valence-corrected chi connectivity index (χ0v) is 9.10. The largest absolute Gasteiger partial charge is 0.0710 e. The topological polar surface area (TPSA) is 0 Å². The van der Waals surface area contributed by atoms with Gasteiger partial charge >= 0.3 is 0 Å². The molecule has 0 heteroatoms. The van der Waals surface area contributed by atoms with E-state index in [1.807, 2.05) is 11.1 Å². The summed E-state index contributed by atoms with van der Waals surface area (Å²) in [6, 6.07) is 0. The molecule has 0 fully saturated rings. The maximum absolute atomic E-state index is 2.39. The molecule has 0 heterocycles. The van der Waals surface area contributed by atoms with Crippen LogP contribution in [0.3, 0.4) is 0 Å². The SMILES string of the molecule is CC(C)C1CCC2=C(CCCC2)C1. The van der Waals surface area contributed by atoms with Gasteiger partial charge in [-0.25, -0.2) is 0 Å². The summed E-state index contributed by atoms with van der Waals surface area (Å²) in [5.74, 6) is 1.90. The van der Waals surface area contributed by atoms with Gasteiger partial charge in [0.05, 0.1) is 0 Å². The highest BCUT2D eigenvalue weighted by Crippen LogP contribution is 2.40. The fraction of sp³-hybridized carbons (Fsp3) is 0.846. The summed E-state index contributed by atoms with van der Waals surface area (Å²) in [5, 5.41) is 0. The third-order valence-electron chi connectivity index (χ3n) is 3.98. The van der Waals surface area contributed by atoms with Gasteiger partial charge in [-0.05, 0) is 56.8 Å². The summed E-state index contributed by atoms with van der Waals surface area (Å²) >= 11 is 0. The van der Waals surface area contributed by atoms with Crippen molar-refractivity contribution in [2.75, 3.05) is 0 Å². The van der Waals surface area contributed by atoms with E-state index in [-0.39, 0.29) is 0 Å². The van der Waals surface area contributed by atoms with Gasteiger partial charge in [-0.1, -0.05) is 25.0 Å². The van der Waals surface area contributed by atoms with Gasteiger partial charge < -0.3 is 0 Å². The van der Waals surface area contributed by atoms with Gasteiger partial charge in [-0.2, -0.15) is 0 Å². The fourth-order valence-electron chi connectivity index (χ4n) is 2.93. The molecule has 0 nitrogen and oxygen atoms in total. The predicted octanol–water partition coefficient (Wildman–Crippen LogP) is 4.31. The Morgan fingerprint density at radius 2 is 1.69 bits per heavy atom. The lowest BCUT2D eigenvalue weighted by atomic mass is 9.74. The van der Waals surface area contributed by atoms with Gasteiger partial charge in [0.15, 0.2) is 0 Å². The molecule has 2 aliphatic rings. The van der Waals surface area contributed by atoms with Crippen molar-refractivity contribution < 1.29 is 0 Å². The van der Waals surface area contributed by atoms with E-state index in [0.717, 1.165) is 11.8 Å². The summed E-state index contributed by atoms with van der Waals surface area (Å²) in [7, 11) is 0. The van der Waals surface area contributed by atoms with Crippen molar-refractivity contribution in [2.45, 2.75) is 58.8 Å². The van der Waals surface area contributed by atoms with E-state index in [4.69, 9.17) is 0 Å². The second-order valence-corrected chi connectivity index (χ2v) is 5.16. The molecule has 0 aliphatic heterocycles. The summed E-state index contributed by atoms with van der Waals surface area (Å²) in [6.07, 6.45) is 10.1. The van der Waals surface area contributed by atoms with Crippen molar-refractivity contribution in [3.05, 3.63) is 11.1 Å². The van der Waals surface area contributed by atoms with E-state index in [1.54, 1.807) is 0 Å². The molecule has 13 heavy (non-hydrogen) atoms. The van der Waals surface area contributed by atoms with E-state index in [2.05, 4.69) is 13.8 Å². The smallest absolute Gasteiger partial charge is 0.0287 e. The second-order valence-electron chi connectivity index (χ2n) is 5.16. The molecule has 0 amide bonds. The molecule has 0 spiro atoms. The molecule has 1 unspecified atom stereocenters. The lowest BCUT2D eigenvalue weighted by Gasteiger charge is -2.32. The predicted molar refractivity (Wildman–Crippen MR) is 57.7 cm³/mol. The van der Waals surface area contributed by atoms with Gasteiger partial charge in [0.1, 0.15) is 0 Å². The normalized spacial score (nSPS) is 29.3. The maximum Gasteiger partial charge on any atom is -0.0287 e. The third-order valence-corrected chi connectivity index (χ3v) is 3.98. The molecule has 0 aromatic heterocycles. The van der Waals surface area contributed by atoms with E-state index in [0.29, 0.717) is 0 Å². The van der Waals surface area contributed by atoms with Gasteiger partial charge in [-0.15, -0.1) is 0 Å². The standard InChI is InChI=1S/C13H22/c1-10(2)12-8-7-11-5-3-4-6-13(11)9-12/h10,12H,3-9H2,1-2H3. The van der Waals surface area contributed by atoms with Crippen LogP contribution in [0.4, 0.5) is 0 Å². The van der Waals surface area contributed by atoms with E-state index < -0.39 is 0 Å². The van der Waals surface area contributed by atoms with Crippen LogP contribution in [0.25, 0.3) is 0 Å². The van der Waals surface area contributed by atoms with Crippen molar-refractivity contribution in [2.24, 2.45) is 11.8 Å². The van der Waals surface area contributed by atoms with Crippen molar-refractivity contribution in [3.63, 3.8) is 0 Å². The molecule has 74 valence electrons. The molecule has 0 saturated carbocycles. The first kappa shape index (κ1) is 9.30. The van der Waals surface area contributed by atoms with E-state index >= 15 is 0 Å². The van der Waals surface area contributed by atoms with Crippen LogP contribution < -0.4 is 0 Å². The number of rotatable bonds is 1. The maximum atomic E-state index is 2.39. The summed E-state index contributed by atoms with van der Waals surface area (Å²) < 4.78 is 0. The fourth-order valence-corrected chi connectivity index (χ4v) is 2.93. The summed E-state index contributed by atoms with van der Waals surface area (Å²) in [5.41, 5.74) is 3.71. The van der Waals surface area contributed by atoms with Gasteiger partial charge in [-0.3, -0.25) is 0 Å².